The van der Waals surface area contributed by atoms with Crippen LogP contribution in [0.2, 0.25) is 5.02 Å². The molecule has 0 spiro atoms. The van der Waals surface area contributed by atoms with Gasteiger partial charge < -0.3 is 20.1 Å². The van der Waals surface area contributed by atoms with Crippen molar-refractivity contribution in [3.63, 3.8) is 0 Å². The molecule has 2 N–H and O–H groups in total. The number of nitro benzene ring substituents is 1. The van der Waals surface area contributed by atoms with Gasteiger partial charge in [0.05, 0.1) is 22.6 Å². The van der Waals surface area contributed by atoms with Crippen molar-refractivity contribution in [2.45, 2.75) is 33.0 Å². The van der Waals surface area contributed by atoms with Crippen LogP contribution in [0.5, 0.6) is 11.5 Å². The molecular formula is C21H22ClF2N3O6. The van der Waals surface area contributed by atoms with E-state index in [-0.39, 0.29) is 40.2 Å². The van der Waals surface area contributed by atoms with Crippen LogP contribution in [-0.4, -0.2) is 36.5 Å². The molecule has 0 aliphatic rings. The van der Waals surface area contributed by atoms with Crippen LogP contribution >= 0.6 is 11.6 Å². The first-order valence-electron chi connectivity index (χ1n) is 9.67. The van der Waals surface area contributed by atoms with E-state index in [1.807, 2.05) is 0 Å². The van der Waals surface area contributed by atoms with Gasteiger partial charge in [-0.3, -0.25) is 19.7 Å². The number of carbonyl (C=O) groups is 2. The highest BCUT2D eigenvalue weighted by Gasteiger charge is 2.26. The SMILES string of the molecule is COc1cc(CNC(=O)[C@@H](NC(=O)c2ccc([N+](=O)[O-])cc2Cl)C(C)C)ccc1OC(F)F. The van der Waals surface area contributed by atoms with Crippen molar-refractivity contribution < 1.29 is 32.8 Å². The Bertz CT molecular complexity index is 1040. The van der Waals surface area contributed by atoms with Crippen molar-refractivity contribution in [2.24, 2.45) is 5.92 Å². The first-order valence-corrected chi connectivity index (χ1v) is 10.1. The number of alkyl halides is 2. The Morgan fingerprint density at radius 1 is 1.15 bits per heavy atom. The second kappa shape index (κ2) is 11.4. The van der Waals surface area contributed by atoms with Crippen molar-refractivity contribution in [1.29, 1.82) is 0 Å². The van der Waals surface area contributed by atoms with Gasteiger partial charge in [-0.15, -0.1) is 0 Å². The molecule has 0 fully saturated rings. The number of hydrogen-bond donors (Lipinski definition) is 2. The fourth-order valence-electron chi connectivity index (χ4n) is 2.87. The molecule has 12 heteroatoms. The van der Waals surface area contributed by atoms with Gasteiger partial charge in [0.15, 0.2) is 11.5 Å². The lowest BCUT2D eigenvalue weighted by Crippen LogP contribution is -2.49. The number of carbonyl (C=O) groups excluding carboxylic acids is 2. The predicted molar refractivity (Wildman–Crippen MR) is 116 cm³/mol. The summed E-state index contributed by atoms with van der Waals surface area (Å²) in [5, 5.41) is 16.0. The smallest absolute Gasteiger partial charge is 0.387 e. The Morgan fingerprint density at radius 3 is 2.39 bits per heavy atom. The van der Waals surface area contributed by atoms with Crippen molar-refractivity contribution in [3.05, 3.63) is 62.7 Å². The van der Waals surface area contributed by atoms with Crippen LogP contribution in [-0.2, 0) is 11.3 Å². The second-order valence-corrected chi connectivity index (χ2v) is 7.61. The molecule has 2 rings (SSSR count). The zero-order valence-electron chi connectivity index (χ0n) is 17.9. The van der Waals surface area contributed by atoms with Crippen LogP contribution in [0, 0.1) is 16.0 Å². The van der Waals surface area contributed by atoms with Crippen LogP contribution in [0.25, 0.3) is 0 Å². The van der Waals surface area contributed by atoms with E-state index in [1.54, 1.807) is 13.8 Å². The molecule has 9 nitrogen and oxygen atoms in total. The van der Waals surface area contributed by atoms with Gasteiger partial charge in [-0.2, -0.15) is 8.78 Å². The monoisotopic (exact) mass is 485 g/mol. The largest absolute Gasteiger partial charge is 0.493 e. The first-order chi connectivity index (χ1) is 15.5. The molecule has 2 amide bonds. The van der Waals surface area contributed by atoms with E-state index in [4.69, 9.17) is 16.3 Å². The number of nitrogens with zero attached hydrogens (tertiary/aromatic N) is 1. The summed E-state index contributed by atoms with van der Waals surface area (Å²) in [5.74, 6) is -1.54. The van der Waals surface area contributed by atoms with Crippen LogP contribution < -0.4 is 20.1 Å². The molecule has 0 radical (unpaired) electrons. The van der Waals surface area contributed by atoms with Crippen molar-refractivity contribution in [1.82, 2.24) is 10.6 Å². The zero-order chi connectivity index (χ0) is 24.7. The summed E-state index contributed by atoms with van der Waals surface area (Å²) < 4.78 is 34.3. The van der Waals surface area contributed by atoms with Gasteiger partial charge in [-0.05, 0) is 29.7 Å². The molecule has 0 aromatic heterocycles. The van der Waals surface area contributed by atoms with E-state index in [1.165, 1.54) is 31.4 Å². The molecule has 2 aromatic carbocycles. The second-order valence-electron chi connectivity index (χ2n) is 7.20. The maximum Gasteiger partial charge on any atom is 0.387 e. The molecule has 0 aliphatic carbocycles. The topological polar surface area (TPSA) is 120 Å². The predicted octanol–water partition coefficient (Wildman–Crippen LogP) is 3.93. The molecule has 0 bridgehead atoms. The number of methoxy groups -OCH3 is 1. The summed E-state index contributed by atoms with van der Waals surface area (Å²) in [7, 11) is 1.30. The van der Waals surface area contributed by atoms with E-state index in [0.717, 1.165) is 12.1 Å². The number of rotatable bonds is 10. The minimum absolute atomic E-state index is 0.0138. The lowest BCUT2D eigenvalue weighted by molar-refractivity contribution is -0.384. The van der Waals surface area contributed by atoms with E-state index in [2.05, 4.69) is 15.4 Å². The maximum absolute atomic E-state index is 12.7. The number of benzene rings is 2. The Morgan fingerprint density at radius 2 is 1.85 bits per heavy atom. The minimum Gasteiger partial charge on any atom is -0.493 e. The summed E-state index contributed by atoms with van der Waals surface area (Å²) in [6.07, 6.45) is 0. The molecule has 0 unspecified atom stereocenters. The number of amides is 2. The van der Waals surface area contributed by atoms with Gasteiger partial charge in [0, 0.05) is 18.7 Å². The summed E-state index contributed by atoms with van der Waals surface area (Å²) in [4.78, 5) is 35.5. The fraction of sp³-hybridized carbons (Fsp3) is 0.333. The zero-order valence-corrected chi connectivity index (χ0v) is 18.7. The average Bonchev–Trinajstić information content (AvgIpc) is 2.75. The van der Waals surface area contributed by atoms with Crippen LogP contribution in [0.15, 0.2) is 36.4 Å². The minimum atomic E-state index is -3.01. The quantitative estimate of drug-likeness (QED) is 0.388. The molecule has 0 aliphatic heterocycles. The summed E-state index contributed by atoms with van der Waals surface area (Å²) >= 11 is 5.99. The third-order valence-corrected chi connectivity index (χ3v) is 4.87. The number of nitro groups is 1. The van der Waals surface area contributed by atoms with Crippen molar-refractivity contribution in [3.8, 4) is 11.5 Å². The molecular weight excluding hydrogens is 464 g/mol. The lowest BCUT2D eigenvalue weighted by atomic mass is 10.0. The van der Waals surface area contributed by atoms with Gasteiger partial charge in [0.25, 0.3) is 11.6 Å². The first kappa shape index (κ1) is 25.8. The van der Waals surface area contributed by atoms with E-state index < -0.39 is 29.4 Å². The molecule has 0 saturated carbocycles. The number of non-ortho nitro benzene ring substituents is 1. The van der Waals surface area contributed by atoms with Gasteiger partial charge >= 0.3 is 6.61 Å². The number of hydrogen-bond acceptors (Lipinski definition) is 6. The maximum atomic E-state index is 12.7. The third kappa shape index (κ3) is 7.01. The van der Waals surface area contributed by atoms with Crippen LogP contribution in [0.1, 0.15) is 29.8 Å². The normalized spacial score (nSPS) is 11.8. The molecule has 0 heterocycles. The molecule has 178 valence electrons. The van der Waals surface area contributed by atoms with Gasteiger partial charge in [0.1, 0.15) is 6.04 Å². The molecule has 1 atom stereocenters. The highest BCUT2D eigenvalue weighted by molar-refractivity contribution is 6.34. The van der Waals surface area contributed by atoms with Crippen LogP contribution in [0.3, 0.4) is 0 Å². The Labute approximate surface area is 193 Å². The summed E-state index contributed by atoms with van der Waals surface area (Å²) in [5.41, 5.74) is 0.268. The molecule has 0 saturated heterocycles. The Balaban J connectivity index is 2.08. The van der Waals surface area contributed by atoms with E-state index >= 15 is 0 Å². The molecule has 2 aromatic rings. The average molecular weight is 486 g/mol. The highest BCUT2D eigenvalue weighted by atomic mass is 35.5. The Hall–Kier alpha value is -3.47. The standard InChI is InChI=1S/C21H22ClF2N3O6/c1-11(2)18(26-19(28)14-6-5-13(27(30)31)9-15(14)22)20(29)25-10-12-4-7-16(33-21(23)24)17(8-12)32-3/h4-9,11,18,21H,10H2,1-3H3,(H,25,29)(H,26,28)/t18-/m0/s1. The third-order valence-electron chi connectivity index (χ3n) is 4.55. The number of ether oxygens (including phenoxy) is 2. The number of halogens is 3. The highest BCUT2D eigenvalue weighted by Crippen LogP contribution is 2.29. The fourth-order valence-corrected chi connectivity index (χ4v) is 3.13. The van der Waals surface area contributed by atoms with Gasteiger partial charge in [-0.1, -0.05) is 31.5 Å². The summed E-state index contributed by atoms with van der Waals surface area (Å²) in [6, 6.07) is 6.69. The Kier molecular flexibility index (Phi) is 8.92. The summed E-state index contributed by atoms with van der Waals surface area (Å²) in [6.45, 7) is 0.467. The van der Waals surface area contributed by atoms with E-state index in [9.17, 15) is 28.5 Å². The molecule has 33 heavy (non-hydrogen) atoms. The lowest BCUT2D eigenvalue weighted by Gasteiger charge is -2.22. The number of nitrogens with one attached hydrogen (secondary N) is 2. The van der Waals surface area contributed by atoms with Gasteiger partial charge in [-0.25, -0.2) is 0 Å². The van der Waals surface area contributed by atoms with Crippen LogP contribution in [0.4, 0.5) is 14.5 Å². The van der Waals surface area contributed by atoms with Crippen molar-refractivity contribution in [2.75, 3.05) is 7.11 Å². The van der Waals surface area contributed by atoms with Gasteiger partial charge in [0.2, 0.25) is 5.91 Å². The van der Waals surface area contributed by atoms with Crippen molar-refractivity contribution >= 4 is 29.1 Å². The van der Waals surface area contributed by atoms with E-state index in [0.29, 0.717) is 5.56 Å².